The third-order valence-electron chi connectivity index (χ3n) is 3.55. The molecule has 3 heteroatoms. The maximum absolute atomic E-state index is 12.8. The normalized spacial score (nSPS) is 10.3. The summed E-state index contributed by atoms with van der Waals surface area (Å²) < 4.78 is 0. The fourth-order valence-corrected chi connectivity index (χ4v) is 2.41. The summed E-state index contributed by atoms with van der Waals surface area (Å²) in [4.78, 5) is 14.5. The van der Waals surface area contributed by atoms with Gasteiger partial charge in [-0.15, -0.1) is 0 Å². The van der Waals surface area contributed by atoms with Crippen LogP contribution in [0.2, 0.25) is 0 Å². The number of aryl methyl sites for hydroxylation is 2. The van der Waals surface area contributed by atoms with Crippen LogP contribution < -0.4 is 10.2 Å². The summed E-state index contributed by atoms with van der Waals surface area (Å²) in [5, 5.41) is 3.26. The van der Waals surface area contributed by atoms with Crippen molar-refractivity contribution in [1.82, 2.24) is 0 Å². The number of hydrogen-bond donors (Lipinski definition) is 1. The van der Waals surface area contributed by atoms with Crippen molar-refractivity contribution in [2.45, 2.75) is 20.8 Å². The predicted molar refractivity (Wildman–Crippen MR) is 89.3 cm³/mol. The molecule has 0 aliphatic heterocycles. The number of carbonyl (C=O) groups is 1. The molecule has 0 atom stereocenters. The van der Waals surface area contributed by atoms with E-state index in [1.54, 1.807) is 4.90 Å². The predicted octanol–water partition coefficient (Wildman–Crippen LogP) is 4.01. The van der Waals surface area contributed by atoms with Crippen molar-refractivity contribution < 1.29 is 4.79 Å². The summed E-state index contributed by atoms with van der Waals surface area (Å²) in [5.74, 6) is 0.00366. The molecule has 0 aromatic heterocycles. The first kappa shape index (κ1) is 15.1. The molecule has 110 valence electrons. The number of nitrogens with one attached hydrogen (secondary N) is 1. The van der Waals surface area contributed by atoms with Crippen LogP contribution in [0.5, 0.6) is 0 Å². The zero-order chi connectivity index (χ0) is 15.4. The second-order valence-corrected chi connectivity index (χ2v) is 5.23. The summed E-state index contributed by atoms with van der Waals surface area (Å²) in [7, 11) is 1.82. The van der Waals surface area contributed by atoms with Crippen LogP contribution in [0.25, 0.3) is 0 Å². The molecular formula is C18H22N2O. The molecule has 0 bridgehead atoms. The molecule has 0 saturated heterocycles. The van der Waals surface area contributed by atoms with Crippen molar-refractivity contribution in [3.63, 3.8) is 0 Å². The van der Waals surface area contributed by atoms with Crippen molar-refractivity contribution in [1.29, 1.82) is 0 Å². The van der Waals surface area contributed by atoms with E-state index in [2.05, 4.69) is 5.32 Å². The van der Waals surface area contributed by atoms with Crippen LogP contribution in [-0.2, 0) is 0 Å². The Morgan fingerprint density at radius 2 is 1.86 bits per heavy atom. The summed E-state index contributed by atoms with van der Waals surface area (Å²) in [5.41, 5.74) is 4.70. The highest BCUT2D eigenvalue weighted by molar-refractivity contribution is 6.09. The molecule has 0 heterocycles. The Hall–Kier alpha value is -2.29. The number of para-hydroxylation sites is 1. The highest BCUT2D eigenvalue weighted by Gasteiger charge is 2.18. The first-order valence-electron chi connectivity index (χ1n) is 7.22. The monoisotopic (exact) mass is 282 g/mol. The van der Waals surface area contributed by atoms with E-state index >= 15 is 0 Å². The van der Waals surface area contributed by atoms with Gasteiger partial charge in [0.25, 0.3) is 5.91 Å². The lowest BCUT2D eigenvalue weighted by Gasteiger charge is -2.21. The Bertz CT molecular complexity index is 649. The molecule has 0 saturated carbocycles. The molecule has 2 aromatic carbocycles. The largest absolute Gasteiger partial charge is 0.385 e. The Morgan fingerprint density at radius 3 is 2.52 bits per heavy atom. The van der Waals surface area contributed by atoms with Crippen molar-refractivity contribution in [2.24, 2.45) is 0 Å². The average Bonchev–Trinajstić information content (AvgIpc) is 2.48. The molecule has 0 aliphatic rings. The molecule has 2 aromatic rings. The smallest absolute Gasteiger partial charge is 0.260 e. The lowest BCUT2D eigenvalue weighted by Crippen LogP contribution is -2.27. The highest BCUT2D eigenvalue weighted by atomic mass is 16.2. The van der Waals surface area contributed by atoms with E-state index in [-0.39, 0.29) is 5.91 Å². The van der Waals surface area contributed by atoms with Crippen molar-refractivity contribution in [3.05, 3.63) is 59.2 Å². The number of carbonyl (C=O) groups excluding carboxylic acids is 1. The van der Waals surface area contributed by atoms with Gasteiger partial charge in [0.15, 0.2) is 0 Å². The van der Waals surface area contributed by atoms with Crippen LogP contribution in [0.1, 0.15) is 28.4 Å². The van der Waals surface area contributed by atoms with Gasteiger partial charge in [-0.2, -0.15) is 0 Å². The van der Waals surface area contributed by atoms with E-state index < -0.39 is 0 Å². The van der Waals surface area contributed by atoms with Crippen LogP contribution in [0, 0.1) is 13.8 Å². The fourth-order valence-electron chi connectivity index (χ4n) is 2.41. The zero-order valence-electron chi connectivity index (χ0n) is 13.1. The number of anilines is 2. The number of rotatable bonds is 4. The molecule has 3 nitrogen and oxygen atoms in total. The topological polar surface area (TPSA) is 32.3 Å². The minimum atomic E-state index is 0.00366. The summed E-state index contributed by atoms with van der Waals surface area (Å²) in [6.45, 7) is 6.83. The van der Waals surface area contributed by atoms with Gasteiger partial charge in [-0.3, -0.25) is 4.79 Å². The van der Waals surface area contributed by atoms with Crippen LogP contribution in [0.3, 0.4) is 0 Å². The van der Waals surface area contributed by atoms with Gasteiger partial charge in [-0.1, -0.05) is 29.8 Å². The third kappa shape index (κ3) is 3.24. The summed E-state index contributed by atoms with van der Waals surface area (Å²) >= 11 is 0. The standard InChI is InChI=1S/C18H22N2O/c1-5-19-16-11-10-13(2)12-15(16)18(21)20(4)17-9-7-6-8-14(17)3/h6-12,19H,5H2,1-4H3. The molecule has 0 aliphatic carbocycles. The Balaban J connectivity index is 2.40. The van der Waals surface area contributed by atoms with Crippen LogP contribution >= 0.6 is 0 Å². The van der Waals surface area contributed by atoms with Gasteiger partial charge in [-0.05, 0) is 44.5 Å². The van der Waals surface area contributed by atoms with E-state index in [9.17, 15) is 4.79 Å². The molecule has 0 fully saturated rings. The Morgan fingerprint density at radius 1 is 1.14 bits per heavy atom. The van der Waals surface area contributed by atoms with Gasteiger partial charge in [0, 0.05) is 25.0 Å². The average molecular weight is 282 g/mol. The van der Waals surface area contributed by atoms with Gasteiger partial charge in [0.2, 0.25) is 0 Å². The molecule has 21 heavy (non-hydrogen) atoms. The number of nitrogens with zero attached hydrogens (tertiary/aromatic N) is 1. The van der Waals surface area contributed by atoms with Gasteiger partial charge in [-0.25, -0.2) is 0 Å². The number of benzene rings is 2. The second kappa shape index (κ2) is 6.44. The van der Waals surface area contributed by atoms with E-state index in [0.29, 0.717) is 5.56 Å². The lowest BCUT2D eigenvalue weighted by atomic mass is 10.1. The molecule has 0 unspecified atom stereocenters. The SMILES string of the molecule is CCNc1ccc(C)cc1C(=O)N(C)c1ccccc1C. The minimum absolute atomic E-state index is 0.00366. The van der Waals surface area contributed by atoms with Crippen LogP contribution in [0.4, 0.5) is 11.4 Å². The lowest BCUT2D eigenvalue weighted by molar-refractivity contribution is 0.0993. The first-order chi connectivity index (χ1) is 10.0. The van der Waals surface area contributed by atoms with Crippen molar-refractivity contribution in [3.8, 4) is 0 Å². The van der Waals surface area contributed by atoms with Gasteiger partial charge < -0.3 is 10.2 Å². The zero-order valence-corrected chi connectivity index (χ0v) is 13.1. The second-order valence-electron chi connectivity index (χ2n) is 5.23. The van der Waals surface area contributed by atoms with E-state index in [0.717, 1.165) is 29.0 Å². The van der Waals surface area contributed by atoms with Crippen LogP contribution in [0.15, 0.2) is 42.5 Å². The molecule has 1 N–H and O–H groups in total. The van der Waals surface area contributed by atoms with Gasteiger partial charge in [0.05, 0.1) is 5.56 Å². The molecular weight excluding hydrogens is 260 g/mol. The molecule has 1 amide bonds. The fraction of sp³-hybridized carbons (Fsp3) is 0.278. The van der Waals surface area contributed by atoms with Crippen molar-refractivity contribution >= 4 is 17.3 Å². The Kier molecular flexibility index (Phi) is 4.63. The van der Waals surface area contributed by atoms with Gasteiger partial charge >= 0.3 is 0 Å². The quantitative estimate of drug-likeness (QED) is 0.919. The summed E-state index contributed by atoms with van der Waals surface area (Å²) in [6.07, 6.45) is 0. The maximum Gasteiger partial charge on any atom is 0.260 e. The Labute approximate surface area is 126 Å². The highest BCUT2D eigenvalue weighted by Crippen LogP contribution is 2.24. The van der Waals surface area contributed by atoms with Gasteiger partial charge in [0.1, 0.15) is 0 Å². The van der Waals surface area contributed by atoms with E-state index in [1.165, 1.54) is 0 Å². The van der Waals surface area contributed by atoms with Crippen molar-refractivity contribution in [2.75, 3.05) is 23.8 Å². The summed E-state index contributed by atoms with van der Waals surface area (Å²) in [6, 6.07) is 13.8. The molecule has 2 rings (SSSR count). The number of hydrogen-bond acceptors (Lipinski definition) is 2. The minimum Gasteiger partial charge on any atom is -0.385 e. The molecule has 0 radical (unpaired) electrons. The van der Waals surface area contributed by atoms with E-state index in [4.69, 9.17) is 0 Å². The van der Waals surface area contributed by atoms with E-state index in [1.807, 2.05) is 70.3 Å². The van der Waals surface area contributed by atoms with Crippen LogP contribution in [-0.4, -0.2) is 19.5 Å². The number of amides is 1. The molecule has 0 spiro atoms. The first-order valence-corrected chi connectivity index (χ1v) is 7.22. The maximum atomic E-state index is 12.8. The third-order valence-corrected chi connectivity index (χ3v) is 3.55.